The van der Waals surface area contributed by atoms with Crippen LogP contribution in [0.3, 0.4) is 0 Å². The van der Waals surface area contributed by atoms with E-state index in [1.54, 1.807) is 48.5 Å². The molecule has 0 unspecified atom stereocenters. The Morgan fingerprint density at radius 2 is 0.750 bits per heavy atom. The number of aromatic amines is 2. The van der Waals surface area contributed by atoms with Gasteiger partial charge in [-0.25, -0.2) is 9.97 Å². The second-order valence-corrected chi connectivity index (χ2v) is 12.3. The zero-order chi connectivity index (χ0) is 35.0. The fourth-order valence-electron chi connectivity index (χ4n) is 6.45. The van der Waals surface area contributed by atoms with Gasteiger partial charge in [0.1, 0.15) is 34.4 Å². The van der Waals surface area contributed by atoms with Gasteiger partial charge < -0.3 is 29.7 Å². The molecule has 8 bridgehead atoms. The minimum absolute atomic E-state index is 0.149. The second kappa shape index (κ2) is 12.9. The van der Waals surface area contributed by atoms with E-state index >= 15 is 0 Å². The first-order valence-corrected chi connectivity index (χ1v) is 16.8. The van der Waals surface area contributed by atoms with Crippen molar-refractivity contribution in [3.63, 3.8) is 0 Å². The van der Waals surface area contributed by atoms with E-state index in [1.165, 1.54) is 0 Å². The maximum Gasteiger partial charge on any atom is 0.176 e. The van der Waals surface area contributed by atoms with Crippen LogP contribution < -0.4 is 9.47 Å². The van der Waals surface area contributed by atoms with Crippen molar-refractivity contribution in [3.8, 4) is 56.8 Å². The number of rotatable bonds is 6. The van der Waals surface area contributed by atoms with Crippen molar-refractivity contribution in [3.05, 3.63) is 156 Å². The summed E-state index contributed by atoms with van der Waals surface area (Å²) in [5.41, 5.74) is 9.55. The summed E-state index contributed by atoms with van der Waals surface area (Å²) in [6, 6.07) is 41.5. The zero-order valence-electron chi connectivity index (χ0n) is 27.6. The molecule has 0 radical (unpaired) electrons. The number of aromatic nitrogens is 4. The average Bonchev–Trinajstić information content (AvgIpc) is 4.02. The van der Waals surface area contributed by atoms with E-state index in [2.05, 4.69) is 34.2 Å². The number of fused-ring (bicyclic) bond motifs is 8. The quantitative estimate of drug-likeness (QED) is 0.139. The summed E-state index contributed by atoms with van der Waals surface area (Å²) >= 11 is 0. The van der Waals surface area contributed by atoms with Crippen molar-refractivity contribution in [2.45, 2.75) is 0 Å². The molecule has 52 heavy (non-hydrogen) atoms. The number of aromatic hydroxyl groups is 2. The molecule has 0 amide bonds. The van der Waals surface area contributed by atoms with Gasteiger partial charge >= 0.3 is 0 Å². The highest BCUT2D eigenvalue weighted by Gasteiger charge is 2.19. The summed E-state index contributed by atoms with van der Waals surface area (Å²) in [6.07, 6.45) is 7.89. The Kier molecular flexibility index (Phi) is 7.59. The Hall–Kier alpha value is -7.32. The summed E-state index contributed by atoms with van der Waals surface area (Å²) in [4.78, 5) is 17.6. The normalized spacial score (nSPS) is 11.8. The Balaban J connectivity index is 1.40. The molecule has 0 saturated carbocycles. The number of H-pyrrole nitrogens is 2. The predicted molar refractivity (Wildman–Crippen MR) is 206 cm³/mol. The Morgan fingerprint density at radius 1 is 0.385 bits per heavy atom. The standard InChI is InChI=1S/C44H30N4O4/c49-29-11-15-31(16-12-29)51-43-37-23-19-33(45-37)41(27-7-3-1-4-8-27)34-20-24-38(46-34)44(52-32-17-13-30(50)14-18-32)40-26-22-36(48-40)42(28-9-5-2-6-10-28)35-21-25-39(43)47-35/h1-26,45,48-50H. The van der Waals surface area contributed by atoms with Crippen LogP contribution in [0.25, 0.3) is 68.6 Å². The maximum atomic E-state index is 9.96. The molecule has 0 fully saturated rings. The molecule has 7 aromatic rings. The first-order valence-electron chi connectivity index (χ1n) is 16.8. The van der Waals surface area contributed by atoms with Crippen LogP contribution in [0.4, 0.5) is 0 Å². The fourth-order valence-corrected chi connectivity index (χ4v) is 6.45. The average molecular weight is 679 g/mol. The topological polar surface area (TPSA) is 116 Å². The first kappa shape index (κ1) is 30.7. The molecule has 8 heteroatoms. The van der Waals surface area contributed by atoms with Crippen LogP contribution >= 0.6 is 0 Å². The van der Waals surface area contributed by atoms with Gasteiger partial charge in [0.2, 0.25) is 0 Å². The van der Waals surface area contributed by atoms with Crippen molar-refractivity contribution in [2.75, 3.05) is 0 Å². The van der Waals surface area contributed by atoms with Gasteiger partial charge in [-0.2, -0.15) is 0 Å². The Bertz CT molecular complexity index is 2490. The molecule has 2 aliphatic rings. The van der Waals surface area contributed by atoms with Gasteiger partial charge in [-0.15, -0.1) is 0 Å². The number of phenols is 2. The molecule has 9 rings (SSSR count). The number of nitrogens with zero attached hydrogens (tertiary/aromatic N) is 2. The van der Waals surface area contributed by atoms with Gasteiger partial charge in [0.25, 0.3) is 0 Å². The lowest BCUT2D eigenvalue weighted by molar-refractivity contribution is 0.465. The van der Waals surface area contributed by atoms with Crippen LogP contribution in [0.2, 0.25) is 0 Å². The highest BCUT2D eigenvalue weighted by atomic mass is 16.5. The molecule has 2 aliphatic heterocycles. The van der Waals surface area contributed by atoms with Crippen LogP contribution in [0.15, 0.2) is 133 Å². The third-order valence-corrected chi connectivity index (χ3v) is 8.90. The van der Waals surface area contributed by atoms with Crippen LogP contribution in [-0.2, 0) is 0 Å². The SMILES string of the molecule is Oc1ccc(Oc2c3nc(c(-c4ccccc4)c4ccc([nH]4)c(Oc4ccc(O)cc4)c4nc(c(-c5ccccc5)c5ccc2[nH]5)C=C4)C=C3)cc1. The smallest absolute Gasteiger partial charge is 0.176 e. The molecule has 5 heterocycles. The van der Waals surface area contributed by atoms with E-state index in [0.717, 1.165) is 44.7 Å². The van der Waals surface area contributed by atoms with Gasteiger partial charge in [-0.1, -0.05) is 60.7 Å². The highest BCUT2D eigenvalue weighted by Crippen LogP contribution is 2.39. The molecule has 0 atom stereocenters. The summed E-state index contributed by atoms with van der Waals surface area (Å²) in [6.45, 7) is 0. The summed E-state index contributed by atoms with van der Waals surface area (Å²) in [5, 5.41) is 19.9. The third-order valence-electron chi connectivity index (χ3n) is 8.90. The van der Waals surface area contributed by atoms with Gasteiger partial charge in [0.15, 0.2) is 11.5 Å². The van der Waals surface area contributed by atoms with Crippen molar-refractivity contribution >= 4 is 46.4 Å². The van der Waals surface area contributed by atoms with E-state index in [1.807, 2.05) is 85.0 Å². The zero-order valence-corrected chi connectivity index (χ0v) is 27.6. The van der Waals surface area contributed by atoms with Crippen LogP contribution in [0, 0.1) is 0 Å². The molecule has 4 N–H and O–H groups in total. The largest absolute Gasteiger partial charge is 0.508 e. The van der Waals surface area contributed by atoms with Crippen molar-refractivity contribution in [2.24, 2.45) is 0 Å². The van der Waals surface area contributed by atoms with Crippen molar-refractivity contribution < 1.29 is 19.7 Å². The van der Waals surface area contributed by atoms with Gasteiger partial charge in [0.05, 0.1) is 22.4 Å². The molecule has 3 aromatic heterocycles. The number of nitrogens with one attached hydrogen (secondary N) is 2. The Labute approximate surface area is 298 Å². The van der Waals surface area contributed by atoms with E-state index in [9.17, 15) is 10.2 Å². The Morgan fingerprint density at radius 3 is 1.15 bits per heavy atom. The van der Waals surface area contributed by atoms with Crippen molar-refractivity contribution in [1.82, 2.24) is 19.9 Å². The number of ether oxygens (including phenoxy) is 2. The number of phenolic OH excluding ortho intramolecular Hbond substituents is 2. The third kappa shape index (κ3) is 5.84. The van der Waals surface area contributed by atoms with Crippen molar-refractivity contribution in [1.29, 1.82) is 0 Å². The lowest BCUT2D eigenvalue weighted by Crippen LogP contribution is -1.91. The number of hydrogen-bond acceptors (Lipinski definition) is 6. The molecule has 0 saturated heterocycles. The molecule has 8 nitrogen and oxygen atoms in total. The second-order valence-electron chi connectivity index (χ2n) is 12.3. The molecule has 0 aliphatic carbocycles. The van der Waals surface area contributed by atoms with E-state index in [4.69, 9.17) is 19.4 Å². The monoisotopic (exact) mass is 678 g/mol. The lowest BCUT2D eigenvalue weighted by Gasteiger charge is -2.08. The number of hydrogen-bond donors (Lipinski definition) is 4. The van der Waals surface area contributed by atoms with Gasteiger partial charge in [0, 0.05) is 22.2 Å². The van der Waals surface area contributed by atoms with Gasteiger partial charge in [-0.05, 0) is 108 Å². The minimum Gasteiger partial charge on any atom is -0.508 e. The summed E-state index contributed by atoms with van der Waals surface area (Å²) in [7, 11) is 0. The van der Waals surface area contributed by atoms with E-state index in [0.29, 0.717) is 45.4 Å². The van der Waals surface area contributed by atoms with Gasteiger partial charge in [-0.3, -0.25) is 0 Å². The maximum absolute atomic E-state index is 9.96. The predicted octanol–water partition coefficient (Wildman–Crippen LogP) is 11.0. The highest BCUT2D eigenvalue weighted by molar-refractivity contribution is 5.95. The van der Waals surface area contributed by atoms with E-state index < -0.39 is 0 Å². The summed E-state index contributed by atoms with van der Waals surface area (Å²) in [5.74, 6) is 2.45. The molecule has 4 aromatic carbocycles. The lowest BCUT2D eigenvalue weighted by atomic mass is 10.0. The number of benzene rings is 4. The molecular formula is C44H30N4O4. The molecule has 0 spiro atoms. The van der Waals surface area contributed by atoms with Crippen LogP contribution in [-0.4, -0.2) is 30.1 Å². The first-order chi connectivity index (χ1) is 25.6. The van der Waals surface area contributed by atoms with E-state index in [-0.39, 0.29) is 11.5 Å². The molecular weight excluding hydrogens is 649 g/mol. The molecule has 250 valence electrons. The van der Waals surface area contributed by atoms with Crippen LogP contribution in [0.1, 0.15) is 22.8 Å². The van der Waals surface area contributed by atoms with Crippen LogP contribution in [0.5, 0.6) is 34.5 Å². The minimum atomic E-state index is 0.149. The fraction of sp³-hybridized carbons (Fsp3) is 0. The summed E-state index contributed by atoms with van der Waals surface area (Å²) < 4.78 is 13.1.